The zero-order valence-corrected chi connectivity index (χ0v) is 11.7. The minimum atomic E-state index is 0.0540. The molecule has 2 heterocycles. The van der Waals surface area contributed by atoms with Gasteiger partial charge >= 0.3 is 0 Å². The zero-order valence-electron chi connectivity index (χ0n) is 9.55. The van der Waals surface area contributed by atoms with Gasteiger partial charge in [-0.05, 0) is 40.3 Å². The van der Waals surface area contributed by atoms with Crippen molar-refractivity contribution >= 4 is 28.1 Å². The van der Waals surface area contributed by atoms with Crippen LogP contribution in [-0.4, -0.2) is 14.7 Å². The van der Waals surface area contributed by atoms with Crippen LogP contribution in [-0.2, 0) is 6.61 Å². The summed E-state index contributed by atoms with van der Waals surface area (Å²) in [4.78, 5) is 0. The van der Waals surface area contributed by atoms with Gasteiger partial charge in [-0.2, -0.15) is 5.10 Å². The van der Waals surface area contributed by atoms with E-state index < -0.39 is 0 Å². The molecular weight excluding hydrogens is 339 g/mol. The number of aliphatic hydroxyl groups excluding tert-OH is 1. The van der Waals surface area contributed by atoms with Crippen LogP contribution in [0.15, 0.2) is 48.7 Å². The van der Waals surface area contributed by atoms with E-state index in [9.17, 15) is 5.11 Å². The monoisotopic (exact) mass is 350 g/mol. The number of hydrogen-bond donors (Lipinski definition) is 1. The van der Waals surface area contributed by atoms with Crippen LogP contribution >= 0.6 is 22.6 Å². The molecule has 3 nitrogen and oxygen atoms in total. The molecule has 0 fully saturated rings. The van der Waals surface area contributed by atoms with E-state index >= 15 is 0 Å². The van der Waals surface area contributed by atoms with Crippen LogP contribution in [0.3, 0.4) is 0 Å². The molecule has 0 saturated heterocycles. The highest BCUT2D eigenvalue weighted by molar-refractivity contribution is 14.1. The molecule has 1 aromatic carbocycles. The van der Waals surface area contributed by atoms with Gasteiger partial charge in [0, 0.05) is 11.8 Å². The van der Waals surface area contributed by atoms with Gasteiger partial charge in [-0.1, -0.05) is 30.3 Å². The largest absolute Gasteiger partial charge is 0.392 e. The van der Waals surface area contributed by atoms with E-state index in [-0.39, 0.29) is 6.61 Å². The molecule has 0 bridgehead atoms. The van der Waals surface area contributed by atoms with Gasteiger partial charge < -0.3 is 5.11 Å². The number of fused-ring (bicyclic) bond motifs is 1. The summed E-state index contributed by atoms with van der Waals surface area (Å²) in [6.45, 7) is 0.0540. The molecule has 0 aliphatic rings. The van der Waals surface area contributed by atoms with Gasteiger partial charge in [0.2, 0.25) is 0 Å². The van der Waals surface area contributed by atoms with Crippen molar-refractivity contribution in [1.82, 2.24) is 9.61 Å². The fourth-order valence-corrected chi connectivity index (χ4v) is 2.76. The number of nitrogens with zero attached hydrogens (tertiary/aromatic N) is 2. The molecule has 3 rings (SSSR count). The van der Waals surface area contributed by atoms with Crippen molar-refractivity contribution in [3.05, 3.63) is 57.8 Å². The molecule has 0 atom stereocenters. The van der Waals surface area contributed by atoms with Gasteiger partial charge in [0.05, 0.1) is 15.7 Å². The van der Waals surface area contributed by atoms with Gasteiger partial charge in [0.25, 0.3) is 0 Å². The molecule has 1 N–H and O–H groups in total. The van der Waals surface area contributed by atoms with Crippen molar-refractivity contribution in [1.29, 1.82) is 0 Å². The zero-order chi connectivity index (χ0) is 12.5. The topological polar surface area (TPSA) is 37.5 Å². The van der Waals surface area contributed by atoms with E-state index in [0.29, 0.717) is 0 Å². The van der Waals surface area contributed by atoms with Crippen LogP contribution in [0.5, 0.6) is 0 Å². The van der Waals surface area contributed by atoms with E-state index in [0.717, 1.165) is 25.9 Å². The third kappa shape index (κ3) is 1.91. The Bertz CT molecular complexity index is 692. The van der Waals surface area contributed by atoms with Crippen molar-refractivity contribution in [3.8, 4) is 11.3 Å². The summed E-state index contributed by atoms with van der Waals surface area (Å²) in [5.41, 5.74) is 4.02. The maximum Gasteiger partial charge on any atom is 0.107 e. The lowest BCUT2D eigenvalue weighted by molar-refractivity contribution is 0.282. The first-order chi connectivity index (χ1) is 8.79. The number of benzene rings is 1. The van der Waals surface area contributed by atoms with Crippen molar-refractivity contribution < 1.29 is 5.11 Å². The highest BCUT2D eigenvalue weighted by Gasteiger charge is 2.11. The van der Waals surface area contributed by atoms with Crippen LogP contribution in [0.1, 0.15) is 5.56 Å². The van der Waals surface area contributed by atoms with Crippen molar-refractivity contribution in [2.24, 2.45) is 0 Å². The van der Waals surface area contributed by atoms with Crippen LogP contribution in [0.25, 0.3) is 16.8 Å². The van der Waals surface area contributed by atoms with Crippen LogP contribution in [0.2, 0.25) is 0 Å². The second-order valence-electron chi connectivity index (χ2n) is 4.05. The normalized spacial score (nSPS) is 11.0. The lowest BCUT2D eigenvalue weighted by Gasteiger charge is -1.97. The quantitative estimate of drug-likeness (QED) is 0.722. The SMILES string of the molecule is OCc1ccn2nc(-c3ccccc3)c(I)c2c1. The Morgan fingerprint density at radius 1 is 1.17 bits per heavy atom. The molecule has 0 radical (unpaired) electrons. The predicted molar refractivity (Wildman–Crippen MR) is 79.3 cm³/mol. The first-order valence-electron chi connectivity index (χ1n) is 5.62. The summed E-state index contributed by atoms with van der Waals surface area (Å²) >= 11 is 2.31. The fourth-order valence-electron chi connectivity index (χ4n) is 1.94. The van der Waals surface area contributed by atoms with Crippen LogP contribution < -0.4 is 0 Å². The average Bonchev–Trinajstić information content (AvgIpc) is 2.77. The van der Waals surface area contributed by atoms with Crippen LogP contribution in [0, 0.1) is 3.57 Å². The molecule has 2 aromatic heterocycles. The Morgan fingerprint density at radius 2 is 1.94 bits per heavy atom. The Balaban J connectivity index is 2.23. The molecule has 4 heteroatoms. The lowest BCUT2D eigenvalue weighted by atomic mass is 10.1. The number of aliphatic hydroxyl groups is 1. The summed E-state index contributed by atoms with van der Waals surface area (Å²) in [5, 5.41) is 13.8. The Labute approximate surface area is 118 Å². The highest BCUT2D eigenvalue weighted by atomic mass is 127. The predicted octanol–water partition coefficient (Wildman–Crippen LogP) is 3.10. The standard InChI is InChI=1S/C14H11IN2O/c15-13-12-8-10(9-18)6-7-17(12)16-14(13)11-4-2-1-3-5-11/h1-8,18H,9H2. The maximum atomic E-state index is 9.18. The number of aromatic nitrogens is 2. The third-order valence-corrected chi connectivity index (χ3v) is 3.93. The second kappa shape index (κ2) is 4.70. The molecule has 0 spiro atoms. The lowest BCUT2D eigenvalue weighted by Crippen LogP contribution is -1.89. The van der Waals surface area contributed by atoms with Gasteiger partial charge in [-0.25, -0.2) is 4.52 Å². The number of hydrogen-bond acceptors (Lipinski definition) is 2. The number of pyridine rings is 1. The second-order valence-corrected chi connectivity index (χ2v) is 5.13. The maximum absolute atomic E-state index is 9.18. The van der Waals surface area contributed by atoms with Crippen LogP contribution in [0.4, 0.5) is 0 Å². The third-order valence-electron chi connectivity index (χ3n) is 2.87. The molecule has 0 saturated carbocycles. The number of halogens is 1. The molecule has 0 aliphatic heterocycles. The van der Waals surface area contributed by atoms with E-state index in [1.165, 1.54) is 0 Å². The molecule has 18 heavy (non-hydrogen) atoms. The minimum absolute atomic E-state index is 0.0540. The Hall–Kier alpha value is -1.40. The molecule has 90 valence electrons. The van der Waals surface area contributed by atoms with Gasteiger partial charge in [0.1, 0.15) is 5.69 Å². The summed E-state index contributed by atoms with van der Waals surface area (Å²) in [7, 11) is 0. The van der Waals surface area contributed by atoms with Gasteiger partial charge in [-0.3, -0.25) is 0 Å². The molecule has 3 aromatic rings. The van der Waals surface area contributed by atoms with E-state index in [4.69, 9.17) is 0 Å². The minimum Gasteiger partial charge on any atom is -0.392 e. The molecule has 0 aliphatic carbocycles. The number of rotatable bonds is 2. The summed E-state index contributed by atoms with van der Waals surface area (Å²) in [5.74, 6) is 0. The van der Waals surface area contributed by atoms with E-state index in [2.05, 4.69) is 39.8 Å². The molecular formula is C14H11IN2O. The fraction of sp³-hybridized carbons (Fsp3) is 0.0714. The summed E-state index contributed by atoms with van der Waals surface area (Å²) in [6.07, 6.45) is 1.88. The van der Waals surface area contributed by atoms with Crippen molar-refractivity contribution in [3.63, 3.8) is 0 Å². The van der Waals surface area contributed by atoms with E-state index in [1.807, 2.05) is 41.0 Å². The van der Waals surface area contributed by atoms with E-state index in [1.54, 1.807) is 0 Å². The van der Waals surface area contributed by atoms with Crippen molar-refractivity contribution in [2.45, 2.75) is 6.61 Å². The van der Waals surface area contributed by atoms with Gasteiger partial charge in [0.15, 0.2) is 0 Å². The summed E-state index contributed by atoms with van der Waals surface area (Å²) in [6, 6.07) is 14.0. The average molecular weight is 350 g/mol. The Kier molecular flexibility index (Phi) is 3.05. The first-order valence-corrected chi connectivity index (χ1v) is 6.70. The smallest absolute Gasteiger partial charge is 0.107 e. The molecule has 0 unspecified atom stereocenters. The molecule has 0 amide bonds. The summed E-state index contributed by atoms with van der Waals surface area (Å²) < 4.78 is 2.96. The van der Waals surface area contributed by atoms with Gasteiger partial charge in [-0.15, -0.1) is 0 Å². The highest BCUT2D eigenvalue weighted by Crippen LogP contribution is 2.27. The Morgan fingerprint density at radius 3 is 2.67 bits per heavy atom. The van der Waals surface area contributed by atoms with Crippen molar-refractivity contribution in [2.75, 3.05) is 0 Å². The first kappa shape index (κ1) is 11.7.